The smallest absolute Gasteiger partial charge is 0.339 e. The van der Waals surface area contributed by atoms with Crippen LogP contribution in [0.25, 0.3) is 0 Å². The summed E-state index contributed by atoms with van der Waals surface area (Å²) < 4.78 is 11.0. The summed E-state index contributed by atoms with van der Waals surface area (Å²) in [5.41, 5.74) is 1.43. The summed E-state index contributed by atoms with van der Waals surface area (Å²) in [4.78, 5) is 25.1. The van der Waals surface area contributed by atoms with Gasteiger partial charge in [0.15, 0.2) is 0 Å². The maximum atomic E-state index is 12.7. The molecule has 0 saturated carbocycles. The Morgan fingerprint density at radius 2 is 1.44 bits per heavy atom. The van der Waals surface area contributed by atoms with Crippen LogP contribution in [0.15, 0.2) is 54.6 Å². The Hall–Kier alpha value is -2.62. The fourth-order valence-corrected chi connectivity index (χ4v) is 2.86. The molecule has 4 nitrogen and oxygen atoms in total. The molecule has 0 aliphatic rings. The molecule has 0 radical (unpaired) electrons. The fourth-order valence-electron chi connectivity index (χ4n) is 2.86. The predicted molar refractivity (Wildman–Crippen MR) is 106 cm³/mol. The maximum absolute atomic E-state index is 12.7. The molecule has 2 aromatic carbocycles. The summed E-state index contributed by atoms with van der Waals surface area (Å²) in [6, 6.07) is 16.3. The zero-order valence-corrected chi connectivity index (χ0v) is 16.1. The molecule has 0 aliphatic heterocycles. The van der Waals surface area contributed by atoms with Crippen molar-refractivity contribution in [3.05, 3.63) is 71.3 Å². The highest BCUT2D eigenvalue weighted by atomic mass is 16.5. The number of ether oxygens (including phenoxy) is 2. The first-order valence-electron chi connectivity index (χ1n) is 9.69. The minimum Gasteiger partial charge on any atom is -0.462 e. The van der Waals surface area contributed by atoms with Crippen LogP contribution >= 0.6 is 0 Å². The molecule has 1 atom stereocenters. The number of hydrogen-bond donors (Lipinski definition) is 0. The first-order chi connectivity index (χ1) is 13.2. The van der Waals surface area contributed by atoms with Crippen LogP contribution in [0.1, 0.15) is 78.3 Å². The number of esters is 2. The lowest BCUT2D eigenvalue weighted by Crippen LogP contribution is -2.16. The van der Waals surface area contributed by atoms with Crippen molar-refractivity contribution in [3.63, 3.8) is 0 Å². The molecule has 2 aromatic rings. The average Bonchev–Trinajstić information content (AvgIpc) is 2.72. The van der Waals surface area contributed by atoms with Crippen LogP contribution in [-0.4, -0.2) is 18.5 Å². The van der Waals surface area contributed by atoms with Gasteiger partial charge in [0.05, 0.1) is 17.7 Å². The van der Waals surface area contributed by atoms with E-state index in [0.29, 0.717) is 13.0 Å². The van der Waals surface area contributed by atoms with Gasteiger partial charge in [-0.05, 0) is 30.5 Å². The maximum Gasteiger partial charge on any atom is 0.339 e. The molecular formula is C23H28O4. The zero-order valence-electron chi connectivity index (χ0n) is 16.1. The molecule has 27 heavy (non-hydrogen) atoms. The summed E-state index contributed by atoms with van der Waals surface area (Å²) in [6.07, 6.45) is 4.42. The molecule has 0 amide bonds. The largest absolute Gasteiger partial charge is 0.462 e. The van der Waals surface area contributed by atoms with Gasteiger partial charge in [0, 0.05) is 0 Å². The van der Waals surface area contributed by atoms with Crippen LogP contribution in [0.2, 0.25) is 0 Å². The van der Waals surface area contributed by atoms with Crippen LogP contribution in [0.4, 0.5) is 0 Å². The van der Waals surface area contributed by atoms with Crippen molar-refractivity contribution < 1.29 is 19.1 Å². The SMILES string of the molecule is CCCCCCOC(=O)c1ccccc1C(=O)OC(CC)c1ccccc1. The van der Waals surface area contributed by atoms with Gasteiger partial charge in [-0.15, -0.1) is 0 Å². The fraction of sp³-hybridized carbons (Fsp3) is 0.391. The van der Waals surface area contributed by atoms with Gasteiger partial charge in [0.1, 0.15) is 6.10 Å². The van der Waals surface area contributed by atoms with Crippen molar-refractivity contribution in [1.29, 1.82) is 0 Å². The van der Waals surface area contributed by atoms with Gasteiger partial charge in [-0.3, -0.25) is 0 Å². The second-order valence-corrected chi connectivity index (χ2v) is 6.46. The lowest BCUT2D eigenvalue weighted by molar-refractivity contribution is 0.0277. The van der Waals surface area contributed by atoms with Crippen LogP contribution in [-0.2, 0) is 9.47 Å². The number of unbranched alkanes of at least 4 members (excludes halogenated alkanes) is 3. The van der Waals surface area contributed by atoms with E-state index in [4.69, 9.17) is 9.47 Å². The van der Waals surface area contributed by atoms with E-state index in [1.54, 1.807) is 24.3 Å². The topological polar surface area (TPSA) is 52.6 Å². The van der Waals surface area contributed by atoms with Crippen molar-refractivity contribution in [2.45, 2.75) is 52.1 Å². The Balaban J connectivity index is 2.05. The van der Waals surface area contributed by atoms with Crippen LogP contribution in [0, 0.1) is 0 Å². The summed E-state index contributed by atoms with van der Waals surface area (Å²) in [5, 5.41) is 0. The van der Waals surface area contributed by atoms with E-state index < -0.39 is 11.9 Å². The third-order valence-corrected chi connectivity index (χ3v) is 4.39. The van der Waals surface area contributed by atoms with Crippen molar-refractivity contribution in [2.24, 2.45) is 0 Å². The van der Waals surface area contributed by atoms with Gasteiger partial charge in [-0.1, -0.05) is 75.6 Å². The molecule has 0 spiro atoms. The zero-order chi connectivity index (χ0) is 19.5. The van der Waals surface area contributed by atoms with E-state index in [2.05, 4.69) is 6.92 Å². The highest BCUT2D eigenvalue weighted by Crippen LogP contribution is 2.23. The molecule has 0 aliphatic carbocycles. The Morgan fingerprint density at radius 1 is 0.815 bits per heavy atom. The Morgan fingerprint density at radius 3 is 2.07 bits per heavy atom. The molecule has 0 bridgehead atoms. The third-order valence-electron chi connectivity index (χ3n) is 4.39. The van der Waals surface area contributed by atoms with E-state index in [9.17, 15) is 9.59 Å². The van der Waals surface area contributed by atoms with E-state index >= 15 is 0 Å². The number of benzene rings is 2. The average molecular weight is 368 g/mol. The number of carbonyl (C=O) groups is 2. The Bertz CT molecular complexity index is 724. The second kappa shape index (κ2) is 11.2. The summed E-state index contributed by atoms with van der Waals surface area (Å²) in [6.45, 7) is 4.46. The van der Waals surface area contributed by atoms with Gasteiger partial charge in [-0.25, -0.2) is 9.59 Å². The number of carbonyl (C=O) groups excluding carboxylic acids is 2. The van der Waals surface area contributed by atoms with Crippen molar-refractivity contribution >= 4 is 11.9 Å². The molecule has 0 saturated heterocycles. The first-order valence-corrected chi connectivity index (χ1v) is 9.69. The van der Waals surface area contributed by atoms with Gasteiger partial charge < -0.3 is 9.47 Å². The molecule has 0 aromatic heterocycles. The van der Waals surface area contributed by atoms with Gasteiger partial charge in [0.25, 0.3) is 0 Å². The molecule has 4 heteroatoms. The lowest BCUT2D eigenvalue weighted by atomic mass is 10.1. The molecule has 0 fully saturated rings. The summed E-state index contributed by atoms with van der Waals surface area (Å²) >= 11 is 0. The summed E-state index contributed by atoms with van der Waals surface area (Å²) in [5.74, 6) is -0.990. The van der Waals surface area contributed by atoms with E-state index in [1.807, 2.05) is 37.3 Å². The lowest BCUT2D eigenvalue weighted by Gasteiger charge is -2.17. The molecule has 144 valence electrons. The first kappa shape index (κ1) is 20.7. The van der Waals surface area contributed by atoms with E-state index in [-0.39, 0.29) is 17.2 Å². The standard InChI is InChI=1S/C23H28O4/c1-3-5-6-12-17-26-22(24)19-15-10-11-16-20(19)23(25)27-21(4-2)18-13-8-7-9-14-18/h7-11,13-16,21H,3-6,12,17H2,1-2H3. The predicted octanol–water partition coefficient (Wildman–Crippen LogP) is 5.73. The highest BCUT2D eigenvalue weighted by Gasteiger charge is 2.22. The van der Waals surface area contributed by atoms with Crippen LogP contribution in [0.5, 0.6) is 0 Å². The minimum absolute atomic E-state index is 0.241. The van der Waals surface area contributed by atoms with Crippen molar-refractivity contribution in [1.82, 2.24) is 0 Å². The van der Waals surface area contributed by atoms with Crippen molar-refractivity contribution in [3.8, 4) is 0 Å². The molecule has 0 N–H and O–H groups in total. The van der Waals surface area contributed by atoms with Crippen molar-refractivity contribution in [2.75, 3.05) is 6.61 Å². The second-order valence-electron chi connectivity index (χ2n) is 6.46. The van der Waals surface area contributed by atoms with Crippen LogP contribution in [0.3, 0.4) is 0 Å². The molecule has 1 unspecified atom stereocenters. The third kappa shape index (κ3) is 6.24. The molecular weight excluding hydrogens is 340 g/mol. The number of hydrogen-bond acceptors (Lipinski definition) is 4. The van der Waals surface area contributed by atoms with Gasteiger partial charge in [0.2, 0.25) is 0 Å². The summed E-state index contributed by atoms with van der Waals surface area (Å²) in [7, 11) is 0. The van der Waals surface area contributed by atoms with E-state index in [0.717, 1.165) is 31.2 Å². The minimum atomic E-state index is -0.510. The molecule has 0 heterocycles. The molecule has 2 rings (SSSR count). The Kier molecular flexibility index (Phi) is 8.56. The highest BCUT2D eigenvalue weighted by molar-refractivity contribution is 6.03. The van der Waals surface area contributed by atoms with Gasteiger partial charge >= 0.3 is 11.9 Å². The van der Waals surface area contributed by atoms with E-state index in [1.165, 1.54) is 0 Å². The monoisotopic (exact) mass is 368 g/mol. The normalized spacial score (nSPS) is 11.6. The Labute approximate surface area is 161 Å². The van der Waals surface area contributed by atoms with Crippen LogP contribution < -0.4 is 0 Å². The van der Waals surface area contributed by atoms with Gasteiger partial charge in [-0.2, -0.15) is 0 Å². The quantitative estimate of drug-likeness (QED) is 0.397. The number of rotatable bonds is 10.